The lowest BCUT2D eigenvalue weighted by molar-refractivity contribution is -0.384. The number of amides is 1. The summed E-state index contributed by atoms with van der Waals surface area (Å²) in [7, 11) is 0. The van der Waals surface area contributed by atoms with Crippen molar-refractivity contribution in [1.29, 1.82) is 0 Å². The third-order valence-corrected chi connectivity index (χ3v) is 4.32. The van der Waals surface area contributed by atoms with E-state index in [0.29, 0.717) is 24.9 Å². The van der Waals surface area contributed by atoms with Crippen LogP contribution < -0.4 is 4.74 Å². The zero-order chi connectivity index (χ0) is 18.5. The maximum absolute atomic E-state index is 12.9. The van der Waals surface area contributed by atoms with Crippen LogP contribution in [0.4, 0.5) is 5.69 Å². The zero-order valence-corrected chi connectivity index (χ0v) is 14.0. The number of rotatable bonds is 6. The number of hydrogen-bond acceptors (Lipinski definition) is 5. The summed E-state index contributed by atoms with van der Waals surface area (Å²) >= 11 is 0. The third-order valence-electron chi connectivity index (χ3n) is 4.32. The van der Waals surface area contributed by atoms with Gasteiger partial charge in [0.25, 0.3) is 11.6 Å². The predicted molar refractivity (Wildman–Crippen MR) is 94.1 cm³/mol. The molecule has 1 heterocycles. The van der Waals surface area contributed by atoms with Crippen molar-refractivity contribution < 1.29 is 19.2 Å². The molecule has 1 aliphatic rings. The first-order valence-corrected chi connectivity index (χ1v) is 8.34. The highest BCUT2D eigenvalue weighted by Gasteiger charge is 2.30. The quantitative estimate of drug-likeness (QED) is 0.451. The minimum absolute atomic E-state index is 0.0364. The largest absolute Gasteiger partial charge is 0.475 e. The van der Waals surface area contributed by atoms with Crippen molar-refractivity contribution in [2.75, 3.05) is 13.1 Å². The van der Waals surface area contributed by atoms with Crippen molar-refractivity contribution in [1.82, 2.24) is 4.90 Å². The molecule has 134 valence electrons. The molecule has 1 fully saturated rings. The molecule has 2 aromatic carbocycles. The number of likely N-dealkylation sites (tertiary alicyclic amines) is 1. The van der Waals surface area contributed by atoms with Gasteiger partial charge in [-0.1, -0.05) is 30.3 Å². The Kier molecular flexibility index (Phi) is 5.26. The van der Waals surface area contributed by atoms with Gasteiger partial charge in [0.15, 0.2) is 6.29 Å². The average molecular weight is 354 g/mol. The summed E-state index contributed by atoms with van der Waals surface area (Å²) in [6.45, 7) is 1.35. The maximum Gasteiger partial charge on any atom is 0.270 e. The van der Waals surface area contributed by atoms with Gasteiger partial charge in [0, 0.05) is 30.8 Å². The van der Waals surface area contributed by atoms with Gasteiger partial charge in [-0.05, 0) is 18.9 Å². The number of carbonyl (C=O) groups excluding carboxylic acids is 2. The fraction of sp³-hybridized carbons (Fsp3) is 0.263. The van der Waals surface area contributed by atoms with E-state index < -0.39 is 11.0 Å². The predicted octanol–water partition coefficient (Wildman–Crippen LogP) is 3.15. The number of non-ortho nitro benzene ring substituents is 1. The molecule has 0 bridgehead atoms. The van der Waals surface area contributed by atoms with Crippen molar-refractivity contribution in [3.8, 4) is 5.75 Å². The lowest BCUT2D eigenvalue weighted by Gasteiger charge is -2.24. The van der Waals surface area contributed by atoms with Crippen LogP contribution in [-0.2, 0) is 4.79 Å². The lowest BCUT2D eigenvalue weighted by atomic mass is 10.1. The molecule has 1 amide bonds. The van der Waals surface area contributed by atoms with E-state index >= 15 is 0 Å². The number of nitro benzene ring substituents is 1. The Morgan fingerprint density at radius 3 is 2.46 bits per heavy atom. The molecule has 0 N–H and O–H groups in total. The number of carbonyl (C=O) groups is 2. The summed E-state index contributed by atoms with van der Waals surface area (Å²) in [5.41, 5.74) is 0.496. The average Bonchev–Trinajstić information content (AvgIpc) is 3.21. The summed E-state index contributed by atoms with van der Waals surface area (Å²) in [6.07, 6.45) is 1.48. The van der Waals surface area contributed by atoms with Crippen molar-refractivity contribution in [2.45, 2.75) is 18.9 Å². The Bertz CT molecular complexity index is 816. The standard InChI is InChI=1S/C19H18N2O5/c22-13-15-12-16(21(24)25)8-9-17(15)26-18(14-6-2-1-3-7-14)19(23)20-10-4-5-11-20/h1-3,6-9,12-13,18H,4-5,10-11H2/t18-/m0/s1. The highest BCUT2D eigenvalue weighted by Crippen LogP contribution is 2.29. The Balaban J connectivity index is 1.94. The van der Waals surface area contributed by atoms with Crippen LogP contribution in [0.3, 0.4) is 0 Å². The molecule has 2 aromatic rings. The first-order chi connectivity index (χ1) is 12.6. The van der Waals surface area contributed by atoms with Crippen molar-refractivity contribution >= 4 is 17.9 Å². The van der Waals surface area contributed by atoms with Crippen molar-refractivity contribution in [3.63, 3.8) is 0 Å². The van der Waals surface area contributed by atoms with Crippen LogP contribution in [0.15, 0.2) is 48.5 Å². The number of benzene rings is 2. The Morgan fingerprint density at radius 2 is 1.85 bits per heavy atom. The number of nitrogens with zero attached hydrogens (tertiary/aromatic N) is 2. The normalized spacial score (nSPS) is 14.7. The SMILES string of the molecule is O=Cc1cc([N+](=O)[O-])ccc1O[C@H](C(=O)N1CCCC1)c1ccccc1. The number of aldehydes is 1. The second kappa shape index (κ2) is 7.77. The minimum atomic E-state index is -0.908. The molecule has 1 aliphatic heterocycles. The van der Waals surface area contributed by atoms with Crippen LogP contribution in [0.25, 0.3) is 0 Å². The Labute approximate surface area is 150 Å². The molecule has 1 atom stereocenters. The van der Waals surface area contributed by atoms with Crippen LogP contribution in [0.5, 0.6) is 5.75 Å². The molecular weight excluding hydrogens is 336 g/mol. The summed E-state index contributed by atoms with van der Waals surface area (Å²) in [5, 5.41) is 10.9. The van der Waals surface area contributed by atoms with Crippen LogP contribution in [0, 0.1) is 10.1 Å². The molecule has 26 heavy (non-hydrogen) atoms. The second-order valence-corrected chi connectivity index (χ2v) is 6.04. The maximum atomic E-state index is 12.9. The first kappa shape index (κ1) is 17.6. The van der Waals surface area contributed by atoms with E-state index in [1.807, 2.05) is 6.07 Å². The topological polar surface area (TPSA) is 89.7 Å². The van der Waals surface area contributed by atoms with Gasteiger partial charge in [-0.3, -0.25) is 19.7 Å². The van der Waals surface area contributed by atoms with Gasteiger partial charge in [-0.15, -0.1) is 0 Å². The summed E-state index contributed by atoms with van der Waals surface area (Å²) in [5.74, 6) is -0.0316. The van der Waals surface area contributed by atoms with E-state index in [1.165, 1.54) is 12.1 Å². The fourth-order valence-electron chi connectivity index (χ4n) is 2.97. The van der Waals surface area contributed by atoms with E-state index in [4.69, 9.17) is 4.74 Å². The van der Waals surface area contributed by atoms with Gasteiger partial charge >= 0.3 is 0 Å². The summed E-state index contributed by atoms with van der Waals surface area (Å²) in [6, 6.07) is 12.8. The molecule has 0 aromatic heterocycles. The van der Waals surface area contributed by atoms with Gasteiger partial charge < -0.3 is 9.64 Å². The monoisotopic (exact) mass is 354 g/mol. The van der Waals surface area contributed by atoms with Gasteiger partial charge in [0.2, 0.25) is 6.10 Å². The van der Waals surface area contributed by atoms with Crippen LogP contribution >= 0.6 is 0 Å². The second-order valence-electron chi connectivity index (χ2n) is 6.04. The minimum Gasteiger partial charge on any atom is -0.475 e. The summed E-state index contributed by atoms with van der Waals surface area (Å²) in [4.78, 5) is 36.3. The Morgan fingerprint density at radius 1 is 1.15 bits per heavy atom. The first-order valence-electron chi connectivity index (χ1n) is 8.34. The van der Waals surface area contributed by atoms with Gasteiger partial charge in [0.05, 0.1) is 10.5 Å². The van der Waals surface area contributed by atoms with Crippen molar-refractivity contribution in [2.24, 2.45) is 0 Å². The molecule has 3 rings (SSSR count). The molecule has 0 aliphatic carbocycles. The van der Waals surface area contributed by atoms with Crippen LogP contribution in [0.1, 0.15) is 34.9 Å². The van der Waals surface area contributed by atoms with Crippen LogP contribution in [0.2, 0.25) is 0 Å². The molecule has 7 heteroatoms. The zero-order valence-electron chi connectivity index (χ0n) is 14.0. The van der Waals surface area contributed by atoms with E-state index in [0.717, 1.165) is 18.9 Å². The van der Waals surface area contributed by atoms with Crippen molar-refractivity contribution in [3.05, 3.63) is 69.8 Å². The smallest absolute Gasteiger partial charge is 0.270 e. The highest BCUT2D eigenvalue weighted by molar-refractivity contribution is 5.84. The highest BCUT2D eigenvalue weighted by atomic mass is 16.6. The molecule has 1 saturated heterocycles. The molecule has 0 spiro atoms. The Hall–Kier alpha value is -3.22. The molecule has 0 unspecified atom stereocenters. The lowest BCUT2D eigenvalue weighted by Crippen LogP contribution is -2.35. The van der Waals surface area contributed by atoms with E-state index in [2.05, 4.69) is 0 Å². The fourth-order valence-corrected chi connectivity index (χ4v) is 2.97. The summed E-state index contributed by atoms with van der Waals surface area (Å²) < 4.78 is 5.89. The van der Waals surface area contributed by atoms with E-state index in [9.17, 15) is 19.7 Å². The van der Waals surface area contributed by atoms with E-state index in [-0.39, 0.29) is 22.9 Å². The third kappa shape index (κ3) is 3.72. The van der Waals surface area contributed by atoms with E-state index in [1.54, 1.807) is 29.2 Å². The molecular formula is C19H18N2O5. The van der Waals surface area contributed by atoms with Crippen LogP contribution in [-0.4, -0.2) is 35.1 Å². The number of ether oxygens (including phenoxy) is 1. The molecule has 0 radical (unpaired) electrons. The number of hydrogen-bond donors (Lipinski definition) is 0. The molecule has 7 nitrogen and oxygen atoms in total. The van der Waals surface area contributed by atoms with Gasteiger partial charge in [-0.25, -0.2) is 0 Å². The van der Waals surface area contributed by atoms with Gasteiger partial charge in [0.1, 0.15) is 5.75 Å². The van der Waals surface area contributed by atoms with Gasteiger partial charge in [-0.2, -0.15) is 0 Å². The molecule has 0 saturated carbocycles. The number of nitro groups is 1.